The third kappa shape index (κ3) is 3.74. The van der Waals surface area contributed by atoms with Crippen molar-refractivity contribution in [3.63, 3.8) is 0 Å². The molecule has 0 aliphatic rings. The van der Waals surface area contributed by atoms with Gasteiger partial charge >= 0.3 is 11.9 Å². The molecule has 0 aliphatic heterocycles. The van der Waals surface area contributed by atoms with Gasteiger partial charge in [-0.3, -0.25) is 0 Å². The van der Waals surface area contributed by atoms with E-state index in [1.54, 1.807) is 0 Å². The van der Waals surface area contributed by atoms with E-state index < -0.39 is 11.9 Å². The van der Waals surface area contributed by atoms with Gasteiger partial charge in [-0.05, 0) is 12.1 Å². The van der Waals surface area contributed by atoms with Crippen LogP contribution in [0.5, 0.6) is 23.0 Å². The summed E-state index contributed by atoms with van der Waals surface area (Å²) >= 11 is 0. The number of methoxy groups -OCH3 is 5. The van der Waals surface area contributed by atoms with E-state index in [-0.39, 0.29) is 33.8 Å². The number of rotatable bonds is 7. The first kappa shape index (κ1) is 19.9. The highest BCUT2D eigenvalue weighted by molar-refractivity contribution is 6.06. The van der Waals surface area contributed by atoms with Gasteiger partial charge in [0.1, 0.15) is 23.0 Å². The molecule has 0 saturated carbocycles. The number of esters is 1. The minimum atomic E-state index is -1.23. The number of carboxylic acid groups (broad SMARTS) is 1. The van der Waals surface area contributed by atoms with Gasteiger partial charge in [0.15, 0.2) is 0 Å². The molecule has 0 saturated heterocycles. The third-order valence-electron chi connectivity index (χ3n) is 3.95. The first-order chi connectivity index (χ1) is 12.9. The van der Waals surface area contributed by atoms with Crippen molar-refractivity contribution in [1.29, 1.82) is 0 Å². The highest BCUT2D eigenvalue weighted by atomic mass is 16.5. The predicted molar refractivity (Wildman–Crippen MR) is 96.4 cm³/mol. The molecule has 0 heterocycles. The number of hydrogen-bond donors (Lipinski definition) is 1. The summed E-state index contributed by atoms with van der Waals surface area (Å²) in [4.78, 5) is 24.3. The van der Waals surface area contributed by atoms with E-state index in [1.807, 2.05) is 0 Å². The van der Waals surface area contributed by atoms with Crippen LogP contribution in [0, 0.1) is 0 Å². The summed E-state index contributed by atoms with van der Waals surface area (Å²) in [5, 5.41) is 9.73. The summed E-state index contributed by atoms with van der Waals surface area (Å²) in [6, 6.07) is 5.84. The number of ether oxygens (including phenoxy) is 5. The molecule has 0 bridgehead atoms. The second-order valence-electron chi connectivity index (χ2n) is 5.30. The summed E-state index contributed by atoms with van der Waals surface area (Å²) in [7, 11) is 6.86. The van der Waals surface area contributed by atoms with Gasteiger partial charge in [-0.1, -0.05) is 0 Å². The Hall–Kier alpha value is -3.42. The Morgan fingerprint density at radius 3 is 1.52 bits per heavy atom. The van der Waals surface area contributed by atoms with Gasteiger partial charge < -0.3 is 28.8 Å². The Morgan fingerprint density at radius 1 is 0.704 bits per heavy atom. The summed E-state index contributed by atoms with van der Waals surface area (Å²) in [6.45, 7) is 0. The molecule has 0 spiro atoms. The predicted octanol–water partition coefficient (Wildman–Crippen LogP) is 2.87. The number of carboxylic acids is 1. The van der Waals surface area contributed by atoms with E-state index in [0.717, 1.165) is 0 Å². The molecule has 8 heteroatoms. The summed E-state index contributed by atoms with van der Waals surface area (Å²) in [5.41, 5.74) is 0.312. The molecule has 0 radical (unpaired) electrons. The first-order valence-corrected chi connectivity index (χ1v) is 7.75. The summed E-state index contributed by atoms with van der Waals surface area (Å²) < 4.78 is 26.0. The largest absolute Gasteiger partial charge is 0.497 e. The van der Waals surface area contributed by atoms with Crippen LogP contribution in [-0.2, 0) is 4.74 Å². The van der Waals surface area contributed by atoms with Gasteiger partial charge in [0.05, 0.1) is 46.7 Å². The first-order valence-electron chi connectivity index (χ1n) is 7.75. The Morgan fingerprint density at radius 2 is 1.15 bits per heavy atom. The monoisotopic (exact) mass is 376 g/mol. The molecular weight excluding hydrogens is 356 g/mol. The number of benzene rings is 2. The number of hydrogen-bond acceptors (Lipinski definition) is 7. The Balaban J connectivity index is 3.00. The van der Waals surface area contributed by atoms with Gasteiger partial charge in [-0.2, -0.15) is 0 Å². The smallest absolute Gasteiger partial charge is 0.338 e. The van der Waals surface area contributed by atoms with Crippen LogP contribution in [0.25, 0.3) is 11.1 Å². The maximum atomic E-state index is 12.4. The second kappa shape index (κ2) is 8.31. The van der Waals surface area contributed by atoms with Crippen LogP contribution in [0.15, 0.2) is 24.3 Å². The van der Waals surface area contributed by atoms with Gasteiger partial charge in [0.2, 0.25) is 0 Å². The lowest BCUT2D eigenvalue weighted by molar-refractivity contribution is 0.0599. The Labute approximate surface area is 156 Å². The normalized spacial score (nSPS) is 10.1. The molecule has 0 fully saturated rings. The SMILES string of the molecule is COC(=O)c1cc(OC)cc(OC)c1-c1c(OC)cc(OC)cc1C(=O)O. The molecule has 2 aromatic carbocycles. The van der Waals surface area contributed by atoms with Crippen LogP contribution in [0.4, 0.5) is 0 Å². The fraction of sp³-hybridized carbons (Fsp3) is 0.263. The van der Waals surface area contributed by atoms with Crippen molar-refractivity contribution >= 4 is 11.9 Å². The van der Waals surface area contributed by atoms with E-state index in [0.29, 0.717) is 11.5 Å². The van der Waals surface area contributed by atoms with E-state index in [1.165, 1.54) is 59.8 Å². The fourth-order valence-electron chi connectivity index (χ4n) is 2.69. The van der Waals surface area contributed by atoms with Crippen LogP contribution >= 0.6 is 0 Å². The number of carbonyl (C=O) groups excluding carboxylic acids is 1. The zero-order chi connectivity index (χ0) is 20.1. The maximum absolute atomic E-state index is 12.4. The van der Waals surface area contributed by atoms with E-state index in [9.17, 15) is 14.7 Å². The van der Waals surface area contributed by atoms with Crippen molar-refractivity contribution in [2.75, 3.05) is 35.5 Å². The van der Waals surface area contributed by atoms with Crippen LogP contribution in [-0.4, -0.2) is 52.6 Å². The van der Waals surface area contributed by atoms with Crippen LogP contribution in [0.3, 0.4) is 0 Å². The highest BCUT2D eigenvalue weighted by Crippen LogP contribution is 2.45. The molecule has 27 heavy (non-hydrogen) atoms. The number of aromatic carboxylic acids is 1. The van der Waals surface area contributed by atoms with Gasteiger partial charge in [0, 0.05) is 23.3 Å². The minimum absolute atomic E-state index is 0.0691. The van der Waals surface area contributed by atoms with E-state index in [4.69, 9.17) is 23.7 Å². The molecule has 0 atom stereocenters. The maximum Gasteiger partial charge on any atom is 0.338 e. The van der Waals surface area contributed by atoms with Crippen molar-refractivity contribution in [3.05, 3.63) is 35.4 Å². The molecule has 0 unspecified atom stereocenters. The second-order valence-corrected chi connectivity index (χ2v) is 5.30. The Kier molecular flexibility index (Phi) is 6.12. The average molecular weight is 376 g/mol. The standard InChI is InChI=1S/C19H20O8/c1-23-10-6-12(18(20)21)16(14(8-10)25-3)17-13(19(22)27-5)7-11(24-2)9-15(17)26-4/h6-9H,1-5H3,(H,20,21). The third-order valence-corrected chi connectivity index (χ3v) is 3.95. The molecular formula is C19H20O8. The lowest BCUT2D eigenvalue weighted by Crippen LogP contribution is -2.09. The van der Waals surface area contributed by atoms with Crippen LogP contribution in [0.2, 0.25) is 0 Å². The molecule has 1 N–H and O–H groups in total. The lowest BCUT2D eigenvalue weighted by Gasteiger charge is -2.19. The summed E-state index contributed by atoms with van der Waals surface area (Å²) in [6.07, 6.45) is 0. The molecule has 144 valence electrons. The van der Waals surface area contributed by atoms with Crippen molar-refractivity contribution in [1.82, 2.24) is 0 Å². The molecule has 0 aromatic heterocycles. The lowest BCUT2D eigenvalue weighted by atomic mass is 9.92. The average Bonchev–Trinajstić information content (AvgIpc) is 2.70. The van der Waals surface area contributed by atoms with Gasteiger partial charge in [-0.25, -0.2) is 9.59 Å². The minimum Gasteiger partial charge on any atom is -0.497 e. The molecule has 2 rings (SSSR count). The number of carbonyl (C=O) groups is 2. The zero-order valence-corrected chi connectivity index (χ0v) is 15.6. The van der Waals surface area contributed by atoms with Crippen molar-refractivity contribution in [3.8, 4) is 34.1 Å². The topological polar surface area (TPSA) is 101 Å². The van der Waals surface area contributed by atoms with E-state index >= 15 is 0 Å². The fourth-order valence-corrected chi connectivity index (χ4v) is 2.69. The molecule has 8 nitrogen and oxygen atoms in total. The van der Waals surface area contributed by atoms with E-state index in [2.05, 4.69) is 0 Å². The zero-order valence-electron chi connectivity index (χ0n) is 15.6. The quantitative estimate of drug-likeness (QED) is 0.736. The van der Waals surface area contributed by atoms with Crippen molar-refractivity contribution in [2.24, 2.45) is 0 Å². The van der Waals surface area contributed by atoms with Gasteiger partial charge in [-0.15, -0.1) is 0 Å². The Bertz CT molecular complexity index is 872. The van der Waals surface area contributed by atoms with Crippen molar-refractivity contribution < 1.29 is 38.4 Å². The molecule has 0 aliphatic carbocycles. The van der Waals surface area contributed by atoms with Crippen LogP contribution < -0.4 is 18.9 Å². The molecule has 0 amide bonds. The van der Waals surface area contributed by atoms with Gasteiger partial charge in [0.25, 0.3) is 0 Å². The summed E-state index contributed by atoms with van der Waals surface area (Å²) in [5.74, 6) is -0.853. The van der Waals surface area contributed by atoms with Crippen LogP contribution in [0.1, 0.15) is 20.7 Å². The highest BCUT2D eigenvalue weighted by Gasteiger charge is 2.28. The molecule has 2 aromatic rings. The van der Waals surface area contributed by atoms with Crippen molar-refractivity contribution in [2.45, 2.75) is 0 Å².